The van der Waals surface area contributed by atoms with Gasteiger partial charge in [-0.05, 0) is 6.92 Å². The minimum Gasteiger partial charge on any atom is -0.388 e. The quantitative estimate of drug-likeness (QED) is 0.422. The van der Waals surface area contributed by atoms with E-state index in [1.807, 2.05) is 0 Å². The lowest BCUT2D eigenvalue weighted by molar-refractivity contribution is -0.261. The Bertz CT molecular complexity index is 129. The Morgan fingerprint density at radius 1 is 1.18 bits per heavy atom. The summed E-state index contributed by atoms with van der Waals surface area (Å²) in [6.45, 7) is 1.45. The molecule has 0 amide bonds. The van der Waals surface area contributed by atoms with Crippen LogP contribution in [0.4, 0.5) is 4.39 Å². The Balaban J connectivity index is 2.63. The first-order chi connectivity index (χ1) is 5.04. The van der Waals surface area contributed by atoms with Gasteiger partial charge in [0.25, 0.3) is 0 Å². The van der Waals surface area contributed by atoms with E-state index >= 15 is 0 Å². The third-order valence-corrected chi connectivity index (χ3v) is 1.78. The van der Waals surface area contributed by atoms with Crippen LogP contribution >= 0.6 is 0 Å². The fourth-order valence-electron chi connectivity index (χ4n) is 1.01. The average molecular weight is 166 g/mol. The van der Waals surface area contributed by atoms with Gasteiger partial charge in [-0.1, -0.05) is 0 Å². The van der Waals surface area contributed by atoms with E-state index in [1.165, 1.54) is 6.92 Å². The van der Waals surface area contributed by atoms with Gasteiger partial charge in [0.05, 0.1) is 6.10 Å². The van der Waals surface area contributed by atoms with Crippen LogP contribution in [0.1, 0.15) is 6.92 Å². The lowest BCUT2D eigenvalue weighted by Crippen LogP contribution is -2.54. The summed E-state index contributed by atoms with van der Waals surface area (Å²) in [5, 5.41) is 26.7. The summed E-state index contributed by atoms with van der Waals surface area (Å²) in [7, 11) is 0. The summed E-state index contributed by atoms with van der Waals surface area (Å²) < 4.78 is 17.2. The molecule has 11 heavy (non-hydrogen) atoms. The van der Waals surface area contributed by atoms with Crippen molar-refractivity contribution in [1.29, 1.82) is 0 Å². The van der Waals surface area contributed by atoms with E-state index in [0.29, 0.717) is 0 Å². The third-order valence-electron chi connectivity index (χ3n) is 1.78. The van der Waals surface area contributed by atoms with Gasteiger partial charge in [-0.3, -0.25) is 0 Å². The van der Waals surface area contributed by atoms with E-state index in [-0.39, 0.29) is 0 Å². The molecule has 5 heteroatoms. The van der Waals surface area contributed by atoms with Gasteiger partial charge in [-0.15, -0.1) is 0 Å². The van der Waals surface area contributed by atoms with Gasteiger partial charge in [-0.2, -0.15) is 0 Å². The highest BCUT2D eigenvalue weighted by Gasteiger charge is 2.42. The molecular weight excluding hydrogens is 155 g/mol. The lowest BCUT2D eigenvalue weighted by Gasteiger charge is -2.35. The second-order valence-electron chi connectivity index (χ2n) is 2.66. The molecule has 0 spiro atoms. The van der Waals surface area contributed by atoms with Crippen molar-refractivity contribution in [2.24, 2.45) is 0 Å². The summed E-state index contributed by atoms with van der Waals surface area (Å²) >= 11 is 0. The van der Waals surface area contributed by atoms with Gasteiger partial charge in [0.2, 0.25) is 0 Å². The van der Waals surface area contributed by atoms with Crippen LogP contribution in [-0.2, 0) is 4.74 Å². The van der Waals surface area contributed by atoms with Crippen LogP contribution in [-0.4, -0.2) is 46.1 Å². The van der Waals surface area contributed by atoms with E-state index in [9.17, 15) is 4.39 Å². The monoisotopic (exact) mass is 166 g/mol. The lowest BCUT2D eigenvalue weighted by atomic mass is 10.0. The molecule has 0 aromatic heterocycles. The largest absolute Gasteiger partial charge is 0.388 e. The first-order valence-corrected chi connectivity index (χ1v) is 3.37. The molecule has 0 bridgehead atoms. The Hall–Kier alpha value is -0.230. The van der Waals surface area contributed by atoms with Crippen molar-refractivity contribution in [3.63, 3.8) is 0 Å². The van der Waals surface area contributed by atoms with Gasteiger partial charge in [-0.25, -0.2) is 4.39 Å². The topological polar surface area (TPSA) is 69.9 Å². The van der Waals surface area contributed by atoms with Crippen molar-refractivity contribution < 1.29 is 24.4 Å². The molecule has 5 atom stereocenters. The second-order valence-corrected chi connectivity index (χ2v) is 2.66. The van der Waals surface area contributed by atoms with Crippen molar-refractivity contribution in [1.82, 2.24) is 0 Å². The molecule has 3 N–H and O–H groups in total. The smallest absolute Gasteiger partial charge is 0.189 e. The van der Waals surface area contributed by atoms with Gasteiger partial charge in [0, 0.05) is 0 Å². The first-order valence-electron chi connectivity index (χ1n) is 3.37. The molecular formula is C6H11FO4. The highest BCUT2D eigenvalue weighted by atomic mass is 19.1. The van der Waals surface area contributed by atoms with E-state index in [0.717, 1.165) is 0 Å². The fraction of sp³-hybridized carbons (Fsp3) is 1.00. The van der Waals surface area contributed by atoms with Crippen molar-refractivity contribution in [2.45, 2.75) is 37.7 Å². The zero-order valence-corrected chi connectivity index (χ0v) is 6.01. The normalized spacial score (nSPS) is 52.6. The number of halogens is 1. The van der Waals surface area contributed by atoms with Crippen LogP contribution in [0.15, 0.2) is 0 Å². The van der Waals surface area contributed by atoms with Crippen LogP contribution in [0.3, 0.4) is 0 Å². The molecule has 1 saturated heterocycles. The van der Waals surface area contributed by atoms with Crippen LogP contribution in [0.5, 0.6) is 0 Å². The minimum atomic E-state index is -1.93. The molecule has 0 aromatic rings. The second kappa shape index (κ2) is 3.02. The maximum Gasteiger partial charge on any atom is 0.189 e. The minimum absolute atomic E-state index is 0.744. The summed E-state index contributed by atoms with van der Waals surface area (Å²) in [4.78, 5) is 0. The number of alkyl halides is 1. The summed E-state index contributed by atoms with van der Waals surface area (Å²) in [5.41, 5.74) is 0. The van der Waals surface area contributed by atoms with Crippen molar-refractivity contribution in [3.05, 3.63) is 0 Å². The van der Waals surface area contributed by atoms with Crippen LogP contribution < -0.4 is 0 Å². The highest BCUT2D eigenvalue weighted by molar-refractivity contribution is 4.86. The predicted molar refractivity (Wildman–Crippen MR) is 33.5 cm³/mol. The Labute approximate surface area is 63.2 Å². The zero-order chi connectivity index (χ0) is 8.59. The number of hydrogen-bond donors (Lipinski definition) is 3. The van der Waals surface area contributed by atoms with Crippen LogP contribution in [0.2, 0.25) is 0 Å². The van der Waals surface area contributed by atoms with Crippen LogP contribution in [0.25, 0.3) is 0 Å². The third kappa shape index (κ3) is 1.51. The molecule has 0 aromatic carbocycles. The number of hydrogen-bond acceptors (Lipinski definition) is 4. The number of ether oxygens (including phenoxy) is 1. The number of rotatable bonds is 0. The Morgan fingerprint density at radius 3 is 2.27 bits per heavy atom. The first kappa shape index (κ1) is 8.86. The van der Waals surface area contributed by atoms with Gasteiger partial charge < -0.3 is 20.1 Å². The Kier molecular flexibility index (Phi) is 2.43. The zero-order valence-electron chi connectivity index (χ0n) is 6.01. The van der Waals surface area contributed by atoms with Crippen molar-refractivity contribution in [3.8, 4) is 0 Å². The summed E-state index contributed by atoms with van der Waals surface area (Å²) in [5.74, 6) is 0. The molecule has 1 fully saturated rings. The van der Waals surface area contributed by atoms with Crippen molar-refractivity contribution >= 4 is 0 Å². The molecule has 4 nitrogen and oxygen atoms in total. The van der Waals surface area contributed by atoms with Crippen molar-refractivity contribution in [2.75, 3.05) is 0 Å². The van der Waals surface area contributed by atoms with E-state index < -0.39 is 30.8 Å². The van der Waals surface area contributed by atoms with Gasteiger partial charge in [0.1, 0.15) is 12.2 Å². The van der Waals surface area contributed by atoms with E-state index in [1.54, 1.807) is 0 Å². The molecule has 1 rings (SSSR count). The molecule has 1 aliphatic rings. The molecule has 0 unspecified atom stereocenters. The molecule has 1 heterocycles. The molecule has 0 aliphatic carbocycles. The van der Waals surface area contributed by atoms with Crippen LogP contribution in [0, 0.1) is 0 Å². The average Bonchev–Trinajstić information content (AvgIpc) is 1.97. The number of aliphatic hydroxyl groups excluding tert-OH is 3. The van der Waals surface area contributed by atoms with Gasteiger partial charge in [0.15, 0.2) is 12.5 Å². The van der Waals surface area contributed by atoms with E-state index in [4.69, 9.17) is 15.3 Å². The highest BCUT2D eigenvalue weighted by Crippen LogP contribution is 2.21. The van der Waals surface area contributed by atoms with E-state index in [2.05, 4.69) is 4.74 Å². The SMILES string of the molecule is C[C@H]1O[C@H](O)[C@H](F)[C@H](O)[C@H]1O. The summed E-state index contributed by atoms with van der Waals surface area (Å²) in [6, 6.07) is 0. The maximum absolute atomic E-state index is 12.6. The molecule has 0 saturated carbocycles. The predicted octanol–water partition coefficient (Wildman–Crippen LogP) is -1.22. The number of aliphatic hydroxyl groups is 3. The standard InChI is InChI=1S/C6H11FO4/c1-2-4(8)5(9)3(7)6(10)11-2/h2-6,8-10H,1H3/t2-,3-,4+,5+,6+/m1/s1. The summed E-state index contributed by atoms with van der Waals surface area (Å²) in [6.07, 6.45) is -7.14. The molecule has 0 radical (unpaired) electrons. The fourth-order valence-corrected chi connectivity index (χ4v) is 1.01. The van der Waals surface area contributed by atoms with Gasteiger partial charge >= 0.3 is 0 Å². The molecule has 1 aliphatic heterocycles. The maximum atomic E-state index is 12.6. The molecule has 66 valence electrons. The Morgan fingerprint density at radius 2 is 1.73 bits per heavy atom.